The summed E-state index contributed by atoms with van der Waals surface area (Å²) in [5.41, 5.74) is 0. The number of rotatable bonds is 2. The fourth-order valence-electron chi connectivity index (χ4n) is 0.622. The van der Waals surface area contributed by atoms with Gasteiger partial charge in [-0.15, -0.1) is 11.3 Å². The Bertz CT molecular complexity index is 229. The summed E-state index contributed by atoms with van der Waals surface area (Å²) in [6, 6.07) is 3.96. The molecular weight excluding hydrogens is 232 g/mol. The van der Waals surface area contributed by atoms with Gasteiger partial charge in [0.05, 0.1) is 4.34 Å². The Morgan fingerprint density at radius 2 is 2.40 bits per heavy atom. The van der Waals surface area contributed by atoms with Gasteiger partial charge in [-0.1, -0.05) is 33.6 Å². The third-order valence-corrected chi connectivity index (χ3v) is 2.66. The van der Waals surface area contributed by atoms with Crippen LogP contribution in [-0.4, -0.2) is 0 Å². The van der Waals surface area contributed by atoms with Crippen LogP contribution in [0, 0.1) is 0 Å². The van der Waals surface area contributed by atoms with Crippen LogP contribution in [0.1, 0.15) is 4.88 Å². The first-order valence-electron chi connectivity index (χ1n) is 2.82. The maximum Gasteiger partial charge on any atom is 0.0931 e. The molecular formula is C7H6BrClS. The first-order valence-corrected chi connectivity index (χ1v) is 4.93. The molecule has 0 bridgehead atoms. The normalized spacial score (nSPS) is 11.0. The zero-order valence-corrected chi connectivity index (χ0v) is 8.34. The van der Waals surface area contributed by atoms with E-state index in [1.807, 2.05) is 23.2 Å². The molecule has 0 fully saturated rings. The molecule has 3 heteroatoms. The van der Waals surface area contributed by atoms with E-state index in [0.29, 0.717) is 0 Å². The molecule has 0 atom stereocenters. The molecule has 0 radical (unpaired) electrons. The van der Waals surface area contributed by atoms with E-state index in [0.717, 1.165) is 10.8 Å². The lowest BCUT2D eigenvalue weighted by molar-refractivity contribution is 1.35. The highest BCUT2D eigenvalue weighted by Gasteiger charge is 1.93. The molecule has 0 aliphatic carbocycles. The van der Waals surface area contributed by atoms with E-state index >= 15 is 0 Å². The SMILES string of the molecule is Clc1ccc(C/C=C/Br)s1. The molecule has 54 valence electrons. The van der Waals surface area contributed by atoms with Crippen molar-refractivity contribution in [3.05, 3.63) is 32.4 Å². The molecule has 0 saturated heterocycles. The van der Waals surface area contributed by atoms with Crippen molar-refractivity contribution in [3.63, 3.8) is 0 Å². The van der Waals surface area contributed by atoms with Crippen molar-refractivity contribution >= 4 is 38.9 Å². The lowest BCUT2D eigenvalue weighted by Crippen LogP contribution is -1.67. The van der Waals surface area contributed by atoms with Crippen LogP contribution in [-0.2, 0) is 6.42 Å². The minimum atomic E-state index is 0.859. The maximum absolute atomic E-state index is 5.72. The molecule has 1 heterocycles. The van der Waals surface area contributed by atoms with E-state index in [9.17, 15) is 0 Å². The van der Waals surface area contributed by atoms with E-state index in [-0.39, 0.29) is 0 Å². The predicted molar refractivity (Wildman–Crippen MR) is 51.1 cm³/mol. The number of halogens is 2. The zero-order valence-electron chi connectivity index (χ0n) is 5.18. The molecule has 0 unspecified atom stereocenters. The second kappa shape index (κ2) is 4.16. The largest absolute Gasteiger partial charge is 0.128 e. The van der Waals surface area contributed by atoms with Crippen molar-refractivity contribution in [3.8, 4) is 0 Å². The van der Waals surface area contributed by atoms with Gasteiger partial charge in [0.15, 0.2) is 0 Å². The van der Waals surface area contributed by atoms with Crippen molar-refractivity contribution in [1.29, 1.82) is 0 Å². The smallest absolute Gasteiger partial charge is 0.0931 e. The average Bonchev–Trinajstić information content (AvgIpc) is 2.31. The van der Waals surface area contributed by atoms with Gasteiger partial charge in [-0.25, -0.2) is 0 Å². The highest BCUT2D eigenvalue weighted by atomic mass is 79.9. The molecule has 1 rings (SSSR count). The minimum Gasteiger partial charge on any atom is -0.128 e. The van der Waals surface area contributed by atoms with Gasteiger partial charge in [0.2, 0.25) is 0 Å². The number of hydrogen-bond donors (Lipinski definition) is 0. The van der Waals surface area contributed by atoms with Gasteiger partial charge in [0, 0.05) is 11.3 Å². The lowest BCUT2D eigenvalue weighted by Gasteiger charge is -1.83. The van der Waals surface area contributed by atoms with Gasteiger partial charge in [-0.3, -0.25) is 0 Å². The summed E-state index contributed by atoms with van der Waals surface area (Å²) in [4.78, 5) is 3.15. The molecule has 0 spiro atoms. The molecule has 0 N–H and O–H groups in total. The highest BCUT2D eigenvalue weighted by Crippen LogP contribution is 2.21. The Hall–Kier alpha value is 0.210. The van der Waals surface area contributed by atoms with Crippen molar-refractivity contribution in [2.24, 2.45) is 0 Å². The van der Waals surface area contributed by atoms with Crippen LogP contribution in [0.5, 0.6) is 0 Å². The summed E-state index contributed by atoms with van der Waals surface area (Å²) < 4.78 is 0.859. The third kappa shape index (κ3) is 2.45. The quantitative estimate of drug-likeness (QED) is 0.733. The zero-order chi connectivity index (χ0) is 7.40. The molecule has 1 aromatic rings. The fourth-order valence-corrected chi connectivity index (χ4v) is 1.87. The van der Waals surface area contributed by atoms with Crippen molar-refractivity contribution < 1.29 is 0 Å². The number of hydrogen-bond acceptors (Lipinski definition) is 1. The summed E-state index contributed by atoms with van der Waals surface area (Å²) in [5, 5.41) is 0. The summed E-state index contributed by atoms with van der Waals surface area (Å²) in [5.74, 6) is 0. The second-order valence-electron chi connectivity index (χ2n) is 1.77. The minimum absolute atomic E-state index is 0.859. The summed E-state index contributed by atoms with van der Waals surface area (Å²) in [7, 11) is 0. The van der Waals surface area contributed by atoms with E-state index in [1.54, 1.807) is 11.3 Å². The molecule has 0 aliphatic heterocycles. The van der Waals surface area contributed by atoms with E-state index < -0.39 is 0 Å². The third-order valence-electron chi connectivity index (χ3n) is 1.04. The summed E-state index contributed by atoms with van der Waals surface area (Å²) >= 11 is 10.5. The van der Waals surface area contributed by atoms with Gasteiger partial charge < -0.3 is 0 Å². The van der Waals surface area contributed by atoms with Crippen LogP contribution in [0.4, 0.5) is 0 Å². The summed E-state index contributed by atoms with van der Waals surface area (Å²) in [6.07, 6.45) is 3.00. The van der Waals surface area contributed by atoms with Crippen LogP contribution in [0.25, 0.3) is 0 Å². The van der Waals surface area contributed by atoms with E-state index in [2.05, 4.69) is 15.9 Å². The van der Waals surface area contributed by atoms with Gasteiger partial charge in [0.1, 0.15) is 0 Å². The first kappa shape index (κ1) is 8.31. The topological polar surface area (TPSA) is 0 Å². The molecule has 0 aromatic carbocycles. The molecule has 1 aromatic heterocycles. The monoisotopic (exact) mass is 236 g/mol. The number of thiophene rings is 1. The van der Waals surface area contributed by atoms with Gasteiger partial charge in [-0.05, 0) is 17.1 Å². The lowest BCUT2D eigenvalue weighted by atomic mass is 10.3. The van der Waals surface area contributed by atoms with Crippen LogP contribution >= 0.6 is 38.9 Å². The van der Waals surface area contributed by atoms with Gasteiger partial charge in [0.25, 0.3) is 0 Å². The first-order chi connectivity index (χ1) is 4.83. The maximum atomic E-state index is 5.72. The molecule has 0 amide bonds. The molecule has 0 saturated carbocycles. The van der Waals surface area contributed by atoms with Gasteiger partial charge in [-0.2, -0.15) is 0 Å². The van der Waals surface area contributed by atoms with E-state index in [4.69, 9.17) is 11.6 Å². The Labute approximate surface area is 77.6 Å². The van der Waals surface area contributed by atoms with Gasteiger partial charge >= 0.3 is 0 Å². The van der Waals surface area contributed by atoms with Crippen LogP contribution in [0.2, 0.25) is 4.34 Å². The fraction of sp³-hybridized carbons (Fsp3) is 0.143. The molecule has 10 heavy (non-hydrogen) atoms. The Morgan fingerprint density at radius 1 is 1.60 bits per heavy atom. The van der Waals surface area contributed by atoms with Crippen LogP contribution in [0.15, 0.2) is 23.2 Å². The predicted octanol–water partition coefficient (Wildman–Crippen LogP) is 3.85. The summed E-state index contributed by atoms with van der Waals surface area (Å²) in [6.45, 7) is 0. The van der Waals surface area contributed by atoms with E-state index in [1.165, 1.54) is 4.88 Å². The van der Waals surface area contributed by atoms with Crippen LogP contribution in [0.3, 0.4) is 0 Å². The average molecular weight is 238 g/mol. The molecule has 0 nitrogen and oxygen atoms in total. The van der Waals surface area contributed by atoms with Crippen molar-refractivity contribution in [2.45, 2.75) is 6.42 Å². The Balaban J connectivity index is 2.58. The van der Waals surface area contributed by atoms with Crippen molar-refractivity contribution in [1.82, 2.24) is 0 Å². The van der Waals surface area contributed by atoms with Crippen molar-refractivity contribution in [2.75, 3.05) is 0 Å². The highest BCUT2D eigenvalue weighted by molar-refractivity contribution is 9.11. The Morgan fingerprint density at radius 3 is 2.90 bits per heavy atom. The molecule has 0 aliphatic rings. The number of allylic oxidation sites excluding steroid dienone is 1. The second-order valence-corrected chi connectivity index (χ2v) is 4.10. The Kier molecular flexibility index (Phi) is 3.46. The van der Waals surface area contributed by atoms with Crippen LogP contribution < -0.4 is 0 Å². The standard InChI is InChI=1S/C7H6BrClS/c8-5-1-2-6-3-4-7(9)10-6/h1,3-5H,2H2/b5-1+.